The highest BCUT2D eigenvalue weighted by molar-refractivity contribution is 5.79. The fraction of sp³-hybridized carbons (Fsp3) is 0.400. The Bertz CT molecular complexity index is 1010. The lowest BCUT2D eigenvalue weighted by Crippen LogP contribution is -2.40. The Kier molecular flexibility index (Phi) is 8.25. The largest absolute Gasteiger partial charge is 0.497 e. The Balaban J connectivity index is 1.61. The van der Waals surface area contributed by atoms with Crippen LogP contribution in [0.25, 0.3) is 0 Å². The maximum absolute atomic E-state index is 5.24. The summed E-state index contributed by atoms with van der Waals surface area (Å²) in [5, 5.41) is 15.3. The summed E-state index contributed by atoms with van der Waals surface area (Å²) >= 11 is 0. The van der Waals surface area contributed by atoms with E-state index in [0.717, 1.165) is 42.9 Å². The molecule has 1 unspecified atom stereocenters. The molecule has 0 aliphatic rings. The molecule has 0 saturated heterocycles. The van der Waals surface area contributed by atoms with Gasteiger partial charge in [0.2, 0.25) is 0 Å². The molecule has 2 N–H and O–H groups in total. The first-order valence-corrected chi connectivity index (χ1v) is 11.0. The van der Waals surface area contributed by atoms with Crippen LogP contribution in [0.1, 0.15) is 41.2 Å². The number of benzene rings is 2. The van der Waals surface area contributed by atoms with E-state index in [4.69, 9.17) is 9.73 Å². The molecule has 7 nitrogen and oxygen atoms in total. The van der Waals surface area contributed by atoms with Crippen molar-refractivity contribution in [2.45, 2.75) is 39.7 Å². The van der Waals surface area contributed by atoms with Gasteiger partial charge in [0.25, 0.3) is 0 Å². The molecule has 2 aromatic carbocycles. The summed E-state index contributed by atoms with van der Waals surface area (Å²) in [6, 6.07) is 16.9. The summed E-state index contributed by atoms with van der Waals surface area (Å²) in [6.45, 7) is 8.30. The third-order valence-electron chi connectivity index (χ3n) is 5.65. The van der Waals surface area contributed by atoms with E-state index in [1.165, 1.54) is 16.7 Å². The van der Waals surface area contributed by atoms with E-state index >= 15 is 0 Å². The molecule has 0 fully saturated rings. The van der Waals surface area contributed by atoms with Crippen molar-refractivity contribution in [2.75, 3.05) is 20.2 Å². The van der Waals surface area contributed by atoms with Gasteiger partial charge in [0.05, 0.1) is 7.11 Å². The van der Waals surface area contributed by atoms with Gasteiger partial charge in [-0.15, -0.1) is 10.2 Å². The van der Waals surface area contributed by atoms with Crippen LogP contribution in [0.15, 0.2) is 53.5 Å². The number of methoxy groups -OCH3 is 1. The van der Waals surface area contributed by atoms with Crippen molar-refractivity contribution >= 4 is 5.96 Å². The van der Waals surface area contributed by atoms with Crippen molar-refractivity contribution in [3.05, 3.63) is 76.9 Å². The molecular weight excluding hydrogens is 400 g/mol. The van der Waals surface area contributed by atoms with Crippen molar-refractivity contribution in [1.29, 1.82) is 0 Å². The van der Waals surface area contributed by atoms with Crippen LogP contribution in [0.3, 0.4) is 0 Å². The second-order valence-electron chi connectivity index (χ2n) is 8.10. The number of ether oxygens (including phenoxy) is 1. The number of aryl methyl sites for hydroxylation is 2. The van der Waals surface area contributed by atoms with E-state index in [0.29, 0.717) is 12.5 Å². The summed E-state index contributed by atoms with van der Waals surface area (Å²) < 4.78 is 7.20. The van der Waals surface area contributed by atoms with E-state index in [1.54, 1.807) is 7.11 Å². The summed E-state index contributed by atoms with van der Waals surface area (Å²) in [4.78, 5) is 4.76. The van der Waals surface area contributed by atoms with Gasteiger partial charge in [-0.05, 0) is 49.4 Å². The average Bonchev–Trinajstić information content (AvgIpc) is 3.13. The Morgan fingerprint density at radius 2 is 1.75 bits per heavy atom. The number of hydrogen-bond acceptors (Lipinski definition) is 4. The molecule has 1 aromatic heterocycles. The van der Waals surface area contributed by atoms with Crippen LogP contribution in [0.4, 0.5) is 0 Å². The van der Waals surface area contributed by atoms with Crippen molar-refractivity contribution in [3.8, 4) is 5.75 Å². The van der Waals surface area contributed by atoms with Crippen LogP contribution in [0.2, 0.25) is 0 Å². The smallest absolute Gasteiger partial charge is 0.191 e. The normalized spacial score (nSPS) is 12.5. The molecule has 0 aliphatic heterocycles. The average molecular weight is 435 g/mol. The first-order chi connectivity index (χ1) is 15.5. The zero-order valence-electron chi connectivity index (χ0n) is 19.7. The second-order valence-corrected chi connectivity index (χ2v) is 8.10. The summed E-state index contributed by atoms with van der Waals surface area (Å²) in [6.07, 6.45) is 0.890. The number of nitrogens with zero attached hydrogens (tertiary/aromatic N) is 4. The Labute approximate surface area is 190 Å². The third kappa shape index (κ3) is 6.57. The maximum atomic E-state index is 5.24. The van der Waals surface area contributed by atoms with Gasteiger partial charge in [-0.2, -0.15) is 0 Å². The van der Waals surface area contributed by atoms with Gasteiger partial charge in [0.1, 0.15) is 18.1 Å². The molecule has 1 heterocycles. The number of aliphatic imine (C=N–C) groups is 1. The van der Waals surface area contributed by atoms with E-state index in [9.17, 15) is 0 Å². The summed E-state index contributed by atoms with van der Waals surface area (Å²) in [5.41, 5.74) is 3.83. The Morgan fingerprint density at radius 3 is 2.38 bits per heavy atom. The van der Waals surface area contributed by atoms with Crippen LogP contribution < -0.4 is 15.4 Å². The van der Waals surface area contributed by atoms with Crippen LogP contribution >= 0.6 is 0 Å². The minimum Gasteiger partial charge on any atom is -0.497 e. The van der Waals surface area contributed by atoms with E-state index in [1.807, 2.05) is 30.7 Å². The van der Waals surface area contributed by atoms with E-state index in [2.05, 4.69) is 71.1 Å². The zero-order valence-corrected chi connectivity index (χ0v) is 19.7. The lowest BCUT2D eigenvalue weighted by atomic mass is 10.0. The molecule has 0 spiro atoms. The molecule has 0 amide bonds. The molecule has 0 aliphatic carbocycles. The summed E-state index contributed by atoms with van der Waals surface area (Å²) in [7, 11) is 3.64. The van der Waals surface area contributed by atoms with Gasteiger partial charge in [-0.3, -0.25) is 0 Å². The minimum absolute atomic E-state index is 0.362. The van der Waals surface area contributed by atoms with Crippen LogP contribution in [0, 0.1) is 13.8 Å². The van der Waals surface area contributed by atoms with Crippen molar-refractivity contribution in [3.63, 3.8) is 0 Å². The quantitative estimate of drug-likeness (QED) is 0.398. The molecule has 7 heteroatoms. The molecule has 0 bridgehead atoms. The molecule has 170 valence electrons. The molecule has 3 aromatic rings. The second kappa shape index (κ2) is 11.3. The highest BCUT2D eigenvalue weighted by atomic mass is 16.5. The minimum atomic E-state index is 0.362. The van der Waals surface area contributed by atoms with Crippen LogP contribution in [-0.2, 0) is 20.0 Å². The van der Waals surface area contributed by atoms with Crippen LogP contribution in [0.5, 0.6) is 5.75 Å². The van der Waals surface area contributed by atoms with Gasteiger partial charge in [0.15, 0.2) is 11.8 Å². The standard InChI is InChI=1S/C25H34N6O/c1-18-6-10-22(11-7-18)19(2)16-27-25(28-17-24-30-29-20(3)31(24)4)26-15-14-21-8-12-23(32-5)13-9-21/h6-13,19H,14-17H2,1-5H3,(H2,26,27,28). The number of guanidine groups is 1. The lowest BCUT2D eigenvalue weighted by molar-refractivity contribution is 0.414. The number of aromatic nitrogens is 3. The Hall–Kier alpha value is -3.35. The molecular formula is C25H34N6O. The van der Waals surface area contributed by atoms with Crippen LogP contribution in [-0.4, -0.2) is 40.9 Å². The van der Waals surface area contributed by atoms with Gasteiger partial charge in [-0.25, -0.2) is 4.99 Å². The molecule has 0 saturated carbocycles. The molecule has 32 heavy (non-hydrogen) atoms. The molecule has 0 radical (unpaired) electrons. The fourth-order valence-electron chi connectivity index (χ4n) is 3.29. The number of nitrogens with one attached hydrogen (secondary N) is 2. The number of rotatable bonds is 9. The first-order valence-electron chi connectivity index (χ1n) is 11.0. The van der Waals surface area contributed by atoms with Gasteiger partial charge < -0.3 is 19.9 Å². The highest BCUT2D eigenvalue weighted by Gasteiger charge is 2.09. The first kappa shape index (κ1) is 23.3. The van der Waals surface area contributed by atoms with E-state index < -0.39 is 0 Å². The highest BCUT2D eigenvalue weighted by Crippen LogP contribution is 2.15. The monoisotopic (exact) mass is 434 g/mol. The zero-order chi connectivity index (χ0) is 22.9. The Morgan fingerprint density at radius 1 is 1.03 bits per heavy atom. The predicted octanol–water partition coefficient (Wildman–Crippen LogP) is 3.52. The number of hydrogen-bond donors (Lipinski definition) is 2. The SMILES string of the molecule is COc1ccc(CCNC(=NCc2nnc(C)n2C)NCC(C)c2ccc(C)cc2)cc1. The summed E-state index contributed by atoms with van der Waals surface area (Å²) in [5.74, 6) is 3.73. The predicted molar refractivity (Wildman–Crippen MR) is 129 cm³/mol. The lowest BCUT2D eigenvalue weighted by Gasteiger charge is -2.17. The maximum Gasteiger partial charge on any atom is 0.191 e. The van der Waals surface area contributed by atoms with Gasteiger partial charge in [-0.1, -0.05) is 48.9 Å². The molecule has 3 rings (SSSR count). The fourth-order valence-corrected chi connectivity index (χ4v) is 3.29. The molecule has 1 atom stereocenters. The van der Waals surface area contributed by atoms with Crippen molar-refractivity contribution < 1.29 is 4.74 Å². The third-order valence-corrected chi connectivity index (χ3v) is 5.65. The van der Waals surface area contributed by atoms with Crippen molar-refractivity contribution in [2.24, 2.45) is 12.0 Å². The van der Waals surface area contributed by atoms with Gasteiger partial charge >= 0.3 is 0 Å². The van der Waals surface area contributed by atoms with E-state index in [-0.39, 0.29) is 0 Å². The van der Waals surface area contributed by atoms with Crippen molar-refractivity contribution in [1.82, 2.24) is 25.4 Å². The topological polar surface area (TPSA) is 76.4 Å². The van der Waals surface area contributed by atoms with Gasteiger partial charge in [0, 0.05) is 20.1 Å².